The van der Waals surface area contributed by atoms with E-state index in [0.717, 1.165) is 50.7 Å². The summed E-state index contributed by atoms with van der Waals surface area (Å²) in [4.78, 5) is 38.1. The predicted molar refractivity (Wildman–Crippen MR) is 135 cm³/mol. The number of ether oxygens (including phenoxy) is 3. The number of benzene rings is 1. The smallest absolute Gasteiger partial charge is 0.332 e. The highest BCUT2D eigenvalue weighted by Gasteiger charge is 2.82. The standard InChI is InChI=1S/C29H35F3N2O7/c1-14(40-25(37)27-8-16-4-17(9-27)6-18(5-16)10-27)41-26(38)29(33)21(39-13-15-2-3-19(30)20(31)7-15)11-28(23(29)24(28)32)34-12-22(35)36/h2-3,7,14,16-18,21,23-24,34H,4-6,8-13,33H2,1H3,(H,35,36). The minimum absolute atomic E-state index is 0.164. The number of hydrogen-bond donors (Lipinski definition) is 3. The van der Waals surface area contributed by atoms with Crippen LogP contribution in [0.1, 0.15) is 57.4 Å². The number of hydrogen-bond acceptors (Lipinski definition) is 8. The lowest BCUT2D eigenvalue weighted by molar-refractivity contribution is -0.206. The van der Waals surface area contributed by atoms with Crippen LogP contribution in [0.4, 0.5) is 13.2 Å². The van der Waals surface area contributed by atoms with Crippen LogP contribution >= 0.6 is 0 Å². The molecule has 0 heterocycles. The monoisotopic (exact) mass is 580 g/mol. The van der Waals surface area contributed by atoms with E-state index in [1.54, 1.807) is 0 Å². The first-order chi connectivity index (χ1) is 19.4. The van der Waals surface area contributed by atoms with Crippen molar-refractivity contribution < 1.29 is 46.9 Å². The maximum absolute atomic E-state index is 15.2. The van der Waals surface area contributed by atoms with E-state index < -0.39 is 77.1 Å². The minimum atomic E-state index is -2.06. The number of carbonyl (C=O) groups is 3. The van der Waals surface area contributed by atoms with Gasteiger partial charge in [-0.15, -0.1) is 0 Å². The fourth-order valence-electron chi connectivity index (χ4n) is 8.69. The van der Waals surface area contributed by atoms with E-state index in [1.807, 2.05) is 0 Å². The molecule has 9 nitrogen and oxygen atoms in total. The van der Waals surface area contributed by atoms with Crippen molar-refractivity contribution in [2.45, 2.75) is 88.1 Å². The molecule has 7 rings (SSSR count). The molecule has 6 atom stereocenters. The first-order valence-electron chi connectivity index (χ1n) is 14.2. The van der Waals surface area contributed by atoms with Gasteiger partial charge in [0.15, 0.2) is 11.6 Å². The predicted octanol–water partition coefficient (Wildman–Crippen LogP) is 2.98. The number of fused-ring (bicyclic) bond motifs is 1. The highest BCUT2D eigenvalue weighted by atomic mass is 19.2. The Morgan fingerprint density at radius 1 is 1.02 bits per heavy atom. The molecule has 6 unspecified atom stereocenters. The lowest BCUT2D eigenvalue weighted by atomic mass is 9.49. The van der Waals surface area contributed by atoms with Gasteiger partial charge in [0.25, 0.3) is 0 Å². The minimum Gasteiger partial charge on any atom is -0.480 e. The summed E-state index contributed by atoms with van der Waals surface area (Å²) in [5.74, 6) is -4.45. The second kappa shape index (κ2) is 9.95. The van der Waals surface area contributed by atoms with Crippen LogP contribution in [0.2, 0.25) is 0 Å². The number of halogens is 3. The van der Waals surface area contributed by atoms with E-state index in [-0.39, 0.29) is 18.6 Å². The van der Waals surface area contributed by atoms with E-state index in [0.29, 0.717) is 17.8 Å². The highest BCUT2D eigenvalue weighted by molar-refractivity contribution is 5.85. The highest BCUT2D eigenvalue weighted by Crippen LogP contribution is 2.63. The molecule has 0 saturated heterocycles. The third-order valence-corrected chi connectivity index (χ3v) is 10.2. The third kappa shape index (κ3) is 4.71. The number of nitrogens with one attached hydrogen (secondary N) is 1. The first kappa shape index (κ1) is 28.4. The van der Waals surface area contributed by atoms with Gasteiger partial charge in [0, 0.05) is 12.8 Å². The molecule has 1 aromatic rings. The quantitative estimate of drug-likeness (QED) is 0.282. The number of carboxylic acid groups (broad SMARTS) is 1. The summed E-state index contributed by atoms with van der Waals surface area (Å²) in [6, 6.07) is 3.16. The van der Waals surface area contributed by atoms with E-state index in [2.05, 4.69) is 5.32 Å². The lowest BCUT2D eigenvalue weighted by Gasteiger charge is -2.55. The zero-order chi connectivity index (χ0) is 29.3. The van der Waals surface area contributed by atoms with Crippen molar-refractivity contribution >= 4 is 17.9 Å². The number of alkyl halides is 1. The van der Waals surface area contributed by atoms with E-state index in [9.17, 15) is 23.2 Å². The first-order valence-corrected chi connectivity index (χ1v) is 14.2. The van der Waals surface area contributed by atoms with Crippen molar-refractivity contribution in [3.8, 4) is 0 Å². The molecule has 1 aromatic carbocycles. The second-order valence-electron chi connectivity index (χ2n) is 12.9. The van der Waals surface area contributed by atoms with Crippen LogP contribution in [0.25, 0.3) is 0 Å². The summed E-state index contributed by atoms with van der Waals surface area (Å²) in [6.45, 7) is 0.557. The van der Waals surface area contributed by atoms with Gasteiger partial charge in [0.1, 0.15) is 11.7 Å². The van der Waals surface area contributed by atoms with Gasteiger partial charge >= 0.3 is 17.9 Å². The summed E-state index contributed by atoms with van der Waals surface area (Å²) in [6.07, 6.45) is 1.44. The number of rotatable bonds is 10. The zero-order valence-corrected chi connectivity index (χ0v) is 22.7. The van der Waals surface area contributed by atoms with E-state index in [1.165, 1.54) is 13.0 Å². The van der Waals surface area contributed by atoms with Gasteiger partial charge < -0.3 is 25.1 Å². The average molecular weight is 581 g/mol. The van der Waals surface area contributed by atoms with Crippen LogP contribution in [0, 0.1) is 40.7 Å². The normalized spacial score (nSPS) is 40.6. The van der Waals surface area contributed by atoms with Crippen molar-refractivity contribution in [2.24, 2.45) is 34.8 Å². The number of nitrogens with two attached hydrogens (primary N) is 1. The molecule has 4 N–H and O–H groups in total. The summed E-state index contributed by atoms with van der Waals surface area (Å²) < 4.78 is 59.3. The molecule has 224 valence electrons. The summed E-state index contributed by atoms with van der Waals surface area (Å²) >= 11 is 0. The number of aliphatic carboxylic acids is 1. The zero-order valence-electron chi connectivity index (χ0n) is 22.7. The fourth-order valence-corrected chi connectivity index (χ4v) is 8.69. The molecular weight excluding hydrogens is 545 g/mol. The van der Waals surface area contributed by atoms with E-state index >= 15 is 4.39 Å². The summed E-state index contributed by atoms with van der Waals surface area (Å²) in [5.41, 5.74) is 2.73. The Labute approximate surface area is 235 Å². The van der Waals surface area contributed by atoms with Crippen molar-refractivity contribution in [3.05, 3.63) is 35.4 Å². The van der Waals surface area contributed by atoms with Crippen LogP contribution in [0.15, 0.2) is 18.2 Å². The van der Waals surface area contributed by atoms with Gasteiger partial charge in [-0.25, -0.2) is 18.0 Å². The Hall–Kier alpha value is -2.70. The maximum atomic E-state index is 15.2. The van der Waals surface area contributed by atoms with Gasteiger partial charge in [-0.1, -0.05) is 6.07 Å². The second-order valence-corrected chi connectivity index (χ2v) is 12.9. The Morgan fingerprint density at radius 2 is 1.63 bits per heavy atom. The third-order valence-electron chi connectivity index (χ3n) is 10.2. The number of carboxylic acids is 1. The van der Waals surface area contributed by atoms with Crippen molar-refractivity contribution in [1.82, 2.24) is 5.32 Å². The SMILES string of the molecule is CC(OC(=O)C12CC3CC(CC(C3)C1)C2)OC(=O)C1(N)C(OCc2ccc(F)c(F)c2)CC2(NCC(=O)O)C(F)C21. The summed E-state index contributed by atoms with van der Waals surface area (Å²) in [5, 5.41) is 11.8. The Morgan fingerprint density at radius 3 is 2.22 bits per heavy atom. The van der Waals surface area contributed by atoms with Gasteiger partial charge in [-0.3, -0.25) is 14.9 Å². The van der Waals surface area contributed by atoms with Crippen LogP contribution in [-0.2, 0) is 35.2 Å². The summed E-state index contributed by atoms with van der Waals surface area (Å²) in [7, 11) is 0. The average Bonchev–Trinajstić information content (AvgIpc) is 3.37. The Balaban J connectivity index is 1.16. The fraction of sp³-hybridized carbons (Fsp3) is 0.690. The molecule has 0 aromatic heterocycles. The topological polar surface area (TPSA) is 137 Å². The number of esters is 2. The molecule has 6 fully saturated rings. The van der Waals surface area contributed by atoms with Crippen LogP contribution in [0.3, 0.4) is 0 Å². The van der Waals surface area contributed by atoms with Gasteiger partial charge in [0.2, 0.25) is 6.29 Å². The van der Waals surface area contributed by atoms with Gasteiger partial charge in [0.05, 0.1) is 30.2 Å². The molecule has 6 saturated carbocycles. The molecule has 0 aliphatic heterocycles. The molecule has 41 heavy (non-hydrogen) atoms. The molecule has 0 amide bonds. The van der Waals surface area contributed by atoms with E-state index in [4.69, 9.17) is 25.1 Å². The molecule has 6 aliphatic carbocycles. The van der Waals surface area contributed by atoms with Crippen molar-refractivity contribution in [3.63, 3.8) is 0 Å². The molecule has 4 bridgehead atoms. The van der Waals surface area contributed by atoms with Crippen molar-refractivity contribution in [2.75, 3.05) is 6.54 Å². The lowest BCUT2D eigenvalue weighted by Crippen LogP contribution is -2.60. The maximum Gasteiger partial charge on any atom is 0.332 e. The van der Waals surface area contributed by atoms with Gasteiger partial charge in [-0.05, 0) is 80.4 Å². The molecule has 6 aliphatic rings. The Kier molecular flexibility index (Phi) is 6.89. The van der Waals surface area contributed by atoms with Crippen LogP contribution < -0.4 is 11.1 Å². The molecule has 0 radical (unpaired) electrons. The molecule has 12 heteroatoms. The van der Waals surface area contributed by atoms with Gasteiger partial charge in [-0.2, -0.15) is 0 Å². The molecular formula is C29H35F3N2O7. The molecule has 0 spiro atoms. The van der Waals surface area contributed by atoms with Crippen LogP contribution in [-0.4, -0.2) is 59.2 Å². The Bertz CT molecular complexity index is 1230. The number of carbonyl (C=O) groups excluding carboxylic acids is 2. The largest absolute Gasteiger partial charge is 0.480 e. The van der Waals surface area contributed by atoms with Crippen LogP contribution in [0.5, 0.6) is 0 Å². The van der Waals surface area contributed by atoms with Crippen molar-refractivity contribution in [1.29, 1.82) is 0 Å².